The van der Waals surface area contributed by atoms with Gasteiger partial charge in [-0.2, -0.15) is 0 Å². The van der Waals surface area contributed by atoms with E-state index in [0.29, 0.717) is 27.4 Å². The van der Waals surface area contributed by atoms with Crippen molar-refractivity contribution in [3.8, 4) is 21.9 Å². The third kappa shape index (κ3) is 3.81. The van der Waals surface area contributed by atoms with Gasteiger partial charge in [0.05, 0.1) is 31.6 Å². The molecule has 0 spiro atoms. The molecule has 30 heavy (non-hydrogen) atoms. The highest BCUT2D eigenvalue weighted by molar-refractivity contribution is 7.19. The third-order valence-corrected chi connectivity index (χ3v) is 6.48. The second kappa shape index (κ2) is 8.29. The summed E-state index contributed by atoms with van der Waals surface area (Å²) in [7, 11) is 3.06. The number of carbonyl (C=O) groups is 1. The maximum Gasteiger partial charge on any atom is 0.263 e. The number of aryl methyl sites for hydroxylation is 1. The summed E-state index contributed by atoms with van der Waals surface area (Å²) in [4.78, 5) is 33.0. The van der Waals surface area contributed by atoms with E-state index in [9.17, 15) is 9.59 Å². The summed E-state index contributed by atoms with van der Waals surface area (Å²) in [6, 6.07) is 9.13. The van der Waals surface area contributed by atoms with Gasteiger partial charge in [0, 0.05) is 26.8 Å². The van der Waals surface area contributed by atoms with Crippen LogP contribution in [0.2, 0.25) is 0 Å². The van der Waals surface area contributed by atoms with Crippen LogP contribution >= 0.6 is 22.7 Å². The standard InChI is InChI=1S/C21H19N3O4S2/c1-12-4-7-17(30-12)14-10-29-20-19(14)21(26)24(11-22-20)9-18(25)23-15-8-13(27-2)5-6-16(15)28-3/h4-8,10-11H,9H2,1-3H3,(H,23,25). The topological polar surface area (TPSA) is 82.4 Å². The fraction of sp³-hybridized carbons (Fsp3) is 0.190. The molecule has 1 amide bonds. The maximum atomic E-state index is 13.1. The van der Waals surface area contributed by atoms with E-state index < -0.39 is 0 Å². The molecule has 3 aromatic heterocycles. The number of thiophene rings is 2. The highest BCUT2D eigenvalue weighted by Gasteiger charge is 2.16. The van der Waals surface area contributed by atoms with Crippen LogP contribution in [0.3, 0.4) is 0 Å². The monoisotopic (exact) mass is 441 g/mol. The van der Waals surface area contributed by atoms with Gasteiger partial charge in [-0.25, -0.2) is 4.98 Å². The number of hydrogen-bond donors (Lipinski definition) is 1. The van der Waals surface area contributed by atoms with Gasteiger partial charge in [0.25, 0.3) is 5.56 Å². The number of benzene rings is 1. The van der Waals surface area contributed by atoms with Gasteiger partial charge in [0.15, 0.2) is 0 Å². The fourth-order valence-electron chi connectivity index (χ4n) is 3.10. The number of ether oxygens (including phenoxy) is 2. The molecule has 0 fully saturated rings. The molecular weight excluding hydrogens is 422 g/mol. The van der Waals surface area contributed by atoms with Crippen molar-refractivity contribution in [2.45, 2.75) is 13.5 Å². The number of aromatic nitrogens is 2. The van der Waals surface area contributed by atoms with Crippen molar-refractivity contribution in [2.24, 2.45) is 0 Å². The molecule has 0 radical (unpaired) electrons. The average molecular weight is 442 g/mol. The number of rotatable bonds is 6. The fourth-order valence-corrected chi connectivity index (χ4v) is 4.96. The number of fused-ring (bicyclic) bond motifs is 1. The summed E-state index contributed by atoms with van der Waals surface area (Å²) < 4.78 is 11.8. The Bertz CT molecular complexity index is 1290. The molecule has 7 nitrogen and oxygen atoms in total. The van der Waals surface area contributed by atoms with Crippen LogP contribution < -0.4 is 20.3 Å². The Kier molecular flexibility index (Phi) is 5.56. The normalized spacial score (nSPS) is 10.9. The molecular formula is C21H19N3O4S2. The Balaban J connectivity index is 1.64. The number of methoxy groups -OCH3 is 2. The minimum atomic E-state index is -0.367. The molecule has 0 aliphatic rings. The van der Waals surface area contributed by atoms with E-state index in [2.05, 4.69) is 10.3 Å². The van der Waals surface area contributed by atoms with Gasteiger partial charge in [0.1, 0.15) is 22.9 Å². The molecule has 0 aliphatic carbocycles. The Morgan fingerprint density at radius 3 is 2.73 bits per heavy atom. The molecule has 3 heterocycles. The highest BCUT2D eigenvalue weighted by Crippen LogP contribution is 2.35. The number of nitrogens with zero attached hydrogens (tertiary/aromatic N) is 2. The van der Waals surface area contributed by atoms with Crippen LogP contribution in [0, 0.1) is 6.92 Å². The van der Waals surface area contributed by atoms with Crippen molar-refractivity contribution in [3.05, 3.63) is 57.3 Å². The zero-order chi connectivity index (χ0) is 21.3. The number of amides is 1. The van der Waals surface area contributed by atoms with E-state index in [4.69, 9.17) is 9.47 Å². The van der Waals surface area contributed by atoms with Crippen LogP contribution in [0.4, 0.5) is 5.69 Å². The average Bonchev–Trinajstić information content (AvgIpc) is 3.36. The lowest BCUT2D eigenvalue weighted by atomic mass is 10.2. The van der Waals surface area contributed by atoms with Crippen LogP contribution in [-0.2, 0) is 11.3 Å². The molecule has 154 valence electrons. The van der Waals surface area contributed by atoms with Crippen LogP contribution in [0.25, 0.3) is 20.7 Å². The summed E-state index contributed by atoms with van der Waals surface area (Å²) in [5, 5.41) is 5.26. The van der Waals surface area contributed by atoms with E-state index in [1.165, 1.54) is 34.2 Å². The second-order valence-corrected chi connectivity index (χ2v) is 8.68. The molecule has 0 saturated heterocycles. The first-order valence-corrected chi connectivity index (χ1v) is 10.7. The zero-order valence-electron chi connectivity index (χ0n) is 16.6. The summed E-state index contributed by atoms with van der Waals surface area (Å²) >= 11 is 3.05. The van der Waals surface area contributed by atoms with Gasteiger partial charge in [-0.15, -0.1) is 22.7 Å². The predicted molar refractivity (Wildman–Crippen MR) is 120 cm³/mol. The molecule has 0 saturated carbocycles. The third-order valence-electron chi connectivity index (χ3n) is 4.56. The van der Waals surface area contributed by atoms with Crippen molar-refractivity contribution < 1.29 is 14.3 Å². The Labute approximate surface area is 180 Å². The summed E-state index contributed by atoms with van der Waals surface area (Å²) in [5.41, 5.74) is 1.08. The van der Waals surface area contributed by atoms with Crippen LogP contribution in [0.1, 0.15) is 4.88 Å². The number of carbonyl (C=O) groups excluding carboxylic acids is 1. The summed E-state index contributed by atoms with van der Waals surface area (Å²) in [6.07, 6.45) is 1.41. The van der Waals surface area contributed by atoms with E-state index in [1.54, 1.807) is 36.6 Å². The zero-order valence-corrected chi connectivity index (χ0v) is 18.2. The van der Waals surface area contributed by atoms with Gasteiger partial charge in [-0.05, 0) is 31.2 Å². The quantitative estimate of drug-likeness (QED) is 0.486. The maximum absolute atomic E-state index is 13.1. The van der Waals surface area contributed by atoms with Crippen molar-refractivity contribution >= 4 is 44.5 Å². The van der Waals surface area contributed by atoms with E-state index in [1.807, 2.05) is 24.4 Å². The van der Waals surface area contributed by atoms with Gasteiger partial charge < -0.3 is 14.8 Å². The first-order chi connectivity index (χ1) is 14.5. The van der Waals surface area contributed by atoms with E-state index >= 15 is 0 Å². The number of nitrogens with one attached hydrogen (secondary N) is 1. The first-order valence-electron chi connectivity index (χ1n) is 9.05. The van der Waals surface area contributed by atoms with E-state index in [0.717, 1.165) is 10.4 Å². The SMILES string of the molecule is COc1ccc(OC)c(NC(=O)Cn2cnc3scc(-c4ccc(C)s4)c3c2=O)c1. The minimum Gasteiger partial charge on any atom is -0.497 e. The summed E-state index contributed by atoms with van der Waals surface area (Å²) in [5.74, 6) is 0.715. The Hall–Kier alpha value is -3.17. The van der Waals surface area contributed by atoms with Crippen molar-refractivity contribution in [1.82, 2.24) is 9.55 Å². The first kappa shape index (κ1) is 20.1. The Morgan fingerprint density at radius 1 is 1.20 bits per heavy atom. The lowest BCUT2D eigenvalue weighted by Crippen LogP contribution is -2.27. The van der Waals surface area contributed by atoms with Gasteiger partial charge in [-0.1, -0.05) is 0 Å². The number of anilines is 1. The van der Waals surface area contributed by atoms with Crippen molar-refractivity contribution in [3.63, 3.8) is 0 Å². The Morgan fingerprint density at radius 2 is 2.03 bits per heavy atom. The lowest BCUT2D eigenvalue weighted by molar-refractivity contribution is -0.116. The van der Waals surface area contributed by atoms with E-state index in [-0.39, 0.29) is 18.0 Å². The smallest absolute Gasteiger partial charge is 0.263 e. The molecule has 1 aromatic carbocycles. The molecule has 4 aromatic rings. The van der Waals surface area contributed by atoms with Crippen LogP contribution in [0.15, 0.2) is 46.8 Å². The molecule has 4 rings (SSSR count). The number of hydrogen-bond acceptors (Lipinski definition) is 7. The molecule has 0 unspecified atom stereocenters. The largest absolute Gasteiger partial charge is 0.497 e. The van der Waals surface area contributed by atoms with Crippen LogP contribution in [-0.4, -0.2) is 29.7 Å². The van der Waals surface area contributed by atoms with Crippen molar-refractivity contribution in [2.75, 3.05) is 19.5 Å². The second-order valence-electron chi connectivity index (χ2n) is 6.53. The molecule has 0 aliphatic heterocycles. The molecule has 1 N–H and O–H groups in total. The minimum absolute atomic E-state index is 0.166. The van der Waals surface area contributed by atoms with Gasteiger partial charge in [0.2, 0.25) is 5.91 Å². The van der Waals surface area contributed by atoms with Crippen molar-refractivity contribution in [1.29, 1.82) is 0 Å². The molecule has 0 bridgehead atoms. The molecule has 9 heteroatoms. The summed E-state index contributed by atoms with van der Waals surface area (Å²) in [6.45, 7) is 1.86. The highest BCUT2D eigenvalue weighted by atomic mass is 32.1. The van der Waals surface area contributed by atoms with Gasteiger partial charge >= 0.3 is 0 Å². The lowest BCUT2D eigenvalue weighted by Gasteiger charge is -2.12. The molecule has 0 atom stereocenters. The van der Waals surface area contributed by atoms with Gasteiger partial charge in [-0.3, -0.25) is 14.2 Å². The predicted octanol–water partition coefficient (Wildman–Crippen LogP) is 4.15. The van der Waals surface area contributed by atoms with Crippen LogP contribution in [0.5, 0.6) is 11.5 Å².